The van der Waals surface area contributed by atoms with Crippen molar-refractivity contribution in [3.63, 3.8) is 0 Å². The van der Waals surface area contributed by atoms with E-state index in [0.29, 0.717) is 26.2 Å². The third-order valence-electron chi connectivity index (χ3n) is 4.27. The van der Waals surface area contributed by atoms with Gasteiger partial charge >= 0.3 is 6.09 Å². The van der Waals surface area contributed by atoms with Crippen molar-refractivity contribution in [1.29, 1.82) is 0 Å². The maximum atomic E-state index is 11.7. The Bertz CT molecular complexity index is 513. The van der Waals surface area contributed by atoms with Gasteiger partial charge in [-0.2, -0.15) is 0 Å². The van der Waals surface area contributed by atoms with Crippen molar-refractivity contribution in [2.45, 2.75) is 32.8 Å². The van der Waals surface area contributed by atoms with Crippen LogP contribution in [0, 0.1) is 0 Å². The summed E-state index contributed by atoms with van der Waals surface area (Å²) in [6, 6.07) is 8.05. The summed E-state index contributed by atoms with van der Waals surface area (Å²) in [6.07, 6.45) is 1.39. The van der Waals surface area contributed by atoms with Gasteiger partial charge in [-0.1, -0.05) is 25.5 Å². The number of nitrogens with zero attached hydrogens (tertiary/aromatic N) is 2. The largest absolute Gasteiger partial charge is 0.491 e. The van der Waals surface area contributed by atoms with Crippen molar-refractivity contribution < 1.29 is 19.4 Å². The van der Waals surface area contributed by atoms with Crippen LogP contribution in [0.15, 0.2) is 24.3 Å². The van der Waals surface area contributed by atoms with E-state index < -0.39 is 6.10 Å². The highest BCUT2D eigenvalue weighted by Crippen LogP contribution is 2.14. The van der Waals surface area contributed by atoms with Gasteiger partial charge in [0.15, 0.2) is 0 Å². The first-order valence-electron chi connectivity index (χ1n) is 9.16. The first kappa shape index (κ1) is 19.5. The van der Waals surface area contributed by atoms with Crippen LogP contribution in [0.2, 0.25) is 0 Å². The first-order chi connectivity index (χ1) is 12.1. The van der Waals surface area contributed by atoms with E-state index >= 15 is 0 Å². The Morgan fingerprint density at radius 1 is 1.16 bits per heavy atom. The third-order valence-corrected chi connectivity index (χ3v) is 4.27. The second kappa shape index (κ2) is 10.3. The van der Waals surface area contributed by atoms with Crippen molar-refractivity contribution in [3.05, 3.63) is 29.8 Å². The molecule has 6 heteroatoms. The van der Waals surface area contributed by atoms with Gasteiger partial charge < -0.3 is 19.5 Å². The summed E-state index contributed by atoms with van der Waals surface area (Å²) in [4.78, 5) is 15.5. The number of hydrogen-bond donors (Lipinski definition) is 1. The van der Waals surface area contributed by atoms with Crippen LogP contribution in [0.3, 0.4) is 0 Å². The summed E-state index contributed by atoms with van der Waals surface area (Å²) in [6.45, 7) is 7.92. The van der Waals surface area contributed by atoms with Crippen LogP contribution in [0.25, 0.3) is 0 Å². The molecule has 25 heavy (non-hydrogen) atoms. The van der Waals surface area contributed by atoms with Crippen LogP contribution in [0.5, 0.6) is 5.75 Å². The average molecular weight is 350 g/mol. The second-order valence-corrected chi connectivity index (χ2v) is 6.35. The molecule has 140 valence electrons. The smallest absolute Gasteiger partial charge is 0.409 e. The predicted molar refractivity (Wildman–Crippen MR) is 97.0 cm³/mol. The van der Waals surface area contributed by atoms with E-state index in [2.05, 4.69) is 24.0 Å². The summed E-state index contributed by atoms with van der Waals surface area (Å²) >= 11 is 0. The predicted octanol–water partition coefficient (Wildman–Crippen LogP) is 2.15. The van der Waals surface area contributed by atoms with E-state index in [1.807, 2.05) is 19.1 Å². The zero-order valence-electron chi connectivity index (χ0n) is 15.3. The van der Waals surface area contributed by atoms with Gasteiger partial charge in [0.1, 0.15) is 18.5 Å². The van der Waals surface area contributed by atoms with Crippen LogP contribution < -0.4 is 4.74 Å². The zero-order chi connectivity index (χ0) is 18.1. The van der Waals surface area contributed by atoms with E-state index in [1.165, 1.54) is 5.56 Å². The number of carbonyl (C=O) groups excluding carboxylic acids is 1. The number of rotatable bonds is 8. The number of amides is 1. The molecular weight excluding hydrogens is 320 g/mol. The molecule has 0 aliphatic carbocycles. The molecule has 6 nitrogen and oxygen atoms in total. The summed E-state index contributed by atoms with van der Waals surface area (Å²) in [5.41, 5.74) is 1.30. The second-order valence-electron chi connectivity index (χ2n) is 6.35. The number of ether oxygens (including phenoxy) is 2. The quantitative estimate of drug-likeness (QED) is 0.778. The Balaban J connectivity index is 1.67. The molecule has 0 aromatic heterocycles. The molecule has 0 spiro atoms. The van der Waals surface area contributed by atoms with Crippen LogP contribution in [0.4, 0.5) is 4.79 Å². The van der Waals surface area contributed by atoms with E-state index in [-0.39, 0.29) is 12.7 Å². The molecule has 1 aromatic rings. The van der Waals surface area contributed by atoms with Crippen molar-refractivity contribution >= 4 is 6.09 Å². The Morgan fingerprint density at radius 3 is 2.44 bits per heavy atom. The minimum atomic E-state index is -0.551. The molecule has 2 rings (SSSR count). The van der Waals surface area contributed by atoms with Gasteiger partial charge in [0.2, 0.25) is 0 Å². The highest BCUT2D eigenvalue weighted by Gasteiger charge is 2.23. The number of aliphatic hydroxyl groups excluding tert-OH is 1. The fraction of sp³-hybridized carbons (Fsp3) is 0.632. The highest BCUT2D eigenvalue weighted by atomic mass is 16.6. The fourth-order valence-corrected chi connectivity index (χ4v) is 2.91. The highest BCUT2D eigenvalue weighted by molar-refractivity contribution is 5.67. The molecule has 1 saturated heterocycles. The Labute approximate surface area is 150 Å². The maximum absolute atomic E-state index is 11.7. The van der Waals surface area contributed by atoms with Gasteiger partial charge in [-0.25, -0.2) is 4.79 Å². The van der Waals surface area contributed by atoms with Crippen LogP contribution in [0.1, 0.15) is 25.8 Å². The molecule has 1 N–H and O–H groups in total. The van der Waals surface area contributed by atoms with Crippen LogP contribution >= 0.6 is 0 Å². The number of aliphatic hydroxyl groups is 1. The number of hydrogen-bond acceptors (Lipinski definition) is 5. The molecule has 1 aliphatic rings. The first-order valence-corrected chi connectivity index (χ1v) is 9.16. The minimum absolute atomic E-state index is 0.252. The maximum Gasteiger partial charge on any atom is 0.409 e. The molecule has 1 fully saturated rings. The van der Waals surface area contributed by atoms with Gasteiger partial charge in [-0.15, -0.1) is 0 Å². The lowest BCUT2D eigenvalue weighted by atomic mass is 10.1. The van der Waals surface area contributed by atoms with Gasteiger partial charge in [0.05, 0.1) is 6.61 Å². The number of piperazine rings is 1. The SMILES string of the molecule is CCCc1ccc(OC[C@H](O)CN2CCN(C(=O)OCC)CC2)cc1. The van der Waals surface area contributed by atoms with Crippen molar-refractivity contribution in [2.75, 3.05) is 45.9 Å². The fourth-order valence-electron chi connectivity index (χ4n) is 2.91. The number of benzene rings is 1. The topological polar surface area (TPSA) is 62.2 Å². The minimum Gasteiger partial charge on any atom is -0.491 e. The summed E-state index contributed by atoms with van der Waals surface area (Å²) in [5, 5.41) is 10.2. The van der Waals surface area contributed by atoms with Crippen LogP contribution in [-0.4, -0.2) is 73.0 Å². The summed E-state index contributed by atoms with van der Waals surface area (Å²) < 4.78 is 10.7. The molecule has 0 bridgehead atoms. The summed E-state index contributed by atoms with van der Waals surface area (Å²) in [7, 11) is 0. The Morgan fingerprint density at radius 2 is 1.84 bits per heavy atom. The molecule has 1 aromatic carbocycles. The molecular formula is C19H30N2O4. The van der Waals surface area contributed by atoms with Gasteiger partial charge in [0, 0.05) is 32.7 Å². The van der Waals surface area contributed by atoms with Crippen molar-refractivity contribution in [1.82, 2.24) is 9.80 Å². The lowest BCUT2D eigenvalue weighted by Crippen LogP contribution is -2.51. The standard InChI is InChI=1S/C19H30N2O4/c1-3-5-16-6-8-18(9-7-16)25-15-17(22)14-20-10-12-21(13-11-20)19(23)24-4-2/h6-9,17,22H,3-5,10-15H2,1-2H3/t17-/m1/s1. The number of carbonyl (C=O) groups is 1. The average Bonchev–Trinajstić information content (AvgIpc) is 2.62. The number of aryl methyl sites for hydroxylation is 1. The lowest BCUT2D eigenvalue weighted by Gasteiger charge is -2.34. The van der Waals surface area contributed by atoms with Crippen molar-refractivity contribution in [3.8, 4) is 5.75 Å². The lowest BCUT2D eigenvalue weighted by molar-refractivity contribution is 0.0408. The van der Waals surface area contributed by atoms with Gasteiger partial charge in [-0.3, -0.25) is 4.90 Å². The zero-order valence-corrected chi connectivity index (χ0v) is 15.3. The van der Waals surface area contributed by atoms with E-state index in [9.17, 15) is 9.90 Å². The molecule has 1 atom stereocenters. The molecule has 0 saturated carbocycles. The molecule has 1 heterocycles. The van der Waals surface area contributed by atoms with Crippen molar-refractivity contribution in [2.24, 2.45) is 0 Å². The molecule has 0 radical (unpaired) electrons. The van der Waals surface area contributed by atoms with Gasteiger partial charge in [-0.05, 0) is 31.0 Å². The van der Waals surface area contributed by atoms with Crippen LogP contribution in [-0.2, 0) is 11.2 Å². The van der Waals surface area contributed by atoms with Gasteiger partial charge in [0.25, 0.3) is 0 Å². The van der Waals surface area contributed by atoms with E-state index in [0.717, 1.165) is 31.7 Å². The molecule has 0 unspecified atom stereocenters. The number of β-amino-alcohol motifs (C(OH)–C–C–N with tert-alkyl or cyclic N) is 1. The third kappa shape index (κ3) is 6.55. The Kier molecular flexibility index (Phi) is 8.01. The molecule has 1 aliphatic heterocycles. The summed E-state index contributed by atoms with van der Waals surface area (Å²) in [5.74, 6) is 0.783. The van der Waals surface area contributed by atoms with E-state index in [4.69, 9.17) is 9.47 Å². The Hall–Kier alpha value is -1.79. The monoisotopic (exact) mass is 350 g/mol. The van der Waals surface area contributed by atoms with E-state index in [1.54, 1.807) is 4.90 Å². The molecule has 1 amide bonds. The normalized spacial score (nSPS) is 16.5.